The van der Waals surface area contributed by atoms with E-state index in [1.165, 1.54) is 16.9 Å². The standard InChI is InChI=1S/C12H11BrClNO2S2/c13-11-6-10(18-12(11)19(14,16)17)8-15-7-9-4-2-1-3-5-9/h1-6,15H,7-8H2. The maximum absolute atomic E-state index is 11.3. The summed E-state index contributed by atoms with van der Waals surface area (Å²) in [5.74, 6) is 0. The zero-order valence-electron chi connectivity index (χ0n) is 9.77. The number of thiophene rings is 1. The quantitative estimate of drug-likeness (QED) is 0.804. The van der Waals surface area contributed by atoms with Crippen LogP contribution in [-0.4, -0.2) is 8.42 Å². The molecule has 2 aromatic rings. The lowest BCUT2D eigenvalue weighted by Gasteiger charge is -2.02. The van der Waals surface area contributed by atoms with E-state index in [0.29, 0.717) is 11.0 Å². The van der Waals surface area contributed by atoms with Crippen LogP contribution in [0.5, 0.6) is 0 Å². The monoisotopic (exact) mass is 379 g/mol. The van der Waals surface area contributed by atoms with Crippen LogP contribution in [0.4, 0.5) is 0 Å². The van der Waals surface area contributed by atoms with E-state index in [0.717, 1.165) is 11.4 Å². The Hall–Kier alpha value is -0.400. The van der Waals surface area contributed by atoms with Gasteiger partial charge in [0.05, 0.1) is 0 Å². The van der Waals surface area contributed by atoms with Gasteiger partial charge in [0.15, 0.2) is 0 Å². The third kappa shape index (κ3) is 4.29. The number of rotatable bonds is 5. The van der Waals surface area contributed by atoms with Crippen molar-refractivity contribution in [2.75, 3.05) is 0 Å². The molecule has 1 aromatic carbocycles. The van der Waals surface area contributed by atoms with E-state index in [1.54, 1.807) is 6.07 Å². The van der Waals surface area contributed by atoms with Crippen molar-refractivity contribution in [3.05, 3.63) is 51.3 Å². The largest absolute Gasteiger partial charge is 0.308 e. The summed E-state index contributed by atoms with van der Waals surface area (Å²) in [6, 6.07) is 11.8. The van der Waals surface area contributed by atoms with Gasteiger partial charge >= 0.3 is 0 Å². The van der Waals surface area contributed by atoms with Crippen molar-refractivity contribution in [1.29, 1.82) is 0 Å². The van der Waals surface area contributed by atoms with E-state index < -0.39 is 9.05 Å². The average Bonchev–Trinajstić information content (AvgIpc) is 2.72. The van der Waals surface area contributed by atoms with Crippen molar-refractivity contribution < 1.29 is 8.42 Å². The number of nitrogens with one attached hydrogen (secondary N) is 1. The van der Waals surface area contributed by atoms with Gasteiger partial charge in [-0.3, -0.25) is 0 Å². The van der Waals surface area contributed by atoms with Crippen LogP contribution < -0.4 is 5.32 Å². The van der Waals surface area contributed by atoms with Gasteiger partial charge in [0.1, 0.15) is 4.21 Å². The number of halogens is 2. The maximum atomic E-state index is 11.3. The zero-order valence-corrected chi connectivity index (χ0v) is 13.7. The Morgan fingerprint density at radius 3 is 2.47 bits per heavy atom. The third-order valence-electron chi connectivity index (χ3n) is 2.40. The highest BCUT2D eigenvalue weighted by atomic mass is 79.9. The SMILES string of the molecule is O=S(=O)(Cl)c1sc(CNCc2ccccc2)cc1Br. The van der Waals surface area contributed by atoms with E-state index in [4.69, 9.17) is 10.7 Å². The predicted octanol–water partition coefficient (Wildman–Crippen LogP) is 3.73. The van der Waals surface area contributed by atoms with Crippen molar-refractivity contribution in [2.45, 2.75) is 17.3 Å². The molecule has 0 radical (unpaired) electrons. The average molecular weight is 381 g/mol. The van der Waals surface area contributed by atoms with Gasteiger partial charge in [0.2, 0.25) is 0 Å². The Bertz CT molecular complexity index is 656. The molecule has 1 heterocycles. The van der Waals surface area contributed by atoms with E-state index in [1.807, 2.05) is 30.3 Å². The van der Waals surface area contributed by atoms with Crippen molar-refractivity contribution in [3.63, 3.8) is 0 Å². The minimum atomic E-state index is -3.67. The molecule has 0 saturated carbocycles. The fourth-order valence-electron chi connectivity index (χ4n) is 1.58. The second-order valence-electron chi connectivity index (χ2n) is 3.88. The first-order valence-electron chi connectivity index (χ1n) is 5.44. The van der Waals surface area contributed by atoms with Gasteiger partial charge in [0.25, 0.3) is 9.05 Å². The first kappa shape index (κ1) is 15.0. The van der Waals surface area contributed by atoms with Crippen LogP contribution in [0, 0.1) is 0 Å². The van der Waals surface area contributed by atoms with Gasteiger partial charge in [-0.2, -0.15) is 0 Å². The molecule has 0 saturated heterocycles. The Balaban J connectivity index is 1.98. The van der Waals surface area contributed by atoms with Crippen molar-refractivity contribution >= 4 is 47.0 Å². The molecular weight excluding hydrogens is 370 g/mol. The highest BCUT2D eigenvalue weighted by Crippen LogP contribution is 2.33. The lowest BCUT2D eigenvalue weighted by molar-refractivity contribution is 0.611. The first-order chi connectivity index (χ1) is 8.97. The number of hydrogen-bond acceptors (Lipinski definition) is 4. The molecule has 0 spiro atoms. The lowest BCUT2D eigenvalue weighted by atomic mass is 10.2. The smallest absolute Gasteiger partial charge is 0.271 e. The van der Waals surface area contributed by atoms with Crippen molar-refractivity contribution in [3.8, 4) is 0 Å². The molecule has 19 heavy (non-hydrogen) atoms. The summed E-state index contributed by atoms with van der Waals surface area (Å²) >= 11 is 4.38. The molecule has 0 bridgehead atoms. The van der Waals surface area contributed by atoms with Crippen LogP contribution in [0.1, 0.15) is 10.4 Å². The first-order valence-corrected chi connectivity index (χ1v) is 9.36. The Kier molecular flexibility index (Phi) is 5.03. The molecule has 3 nitrogen and oxygen atoms in total. The summed E-state index contributed by atoms with van der Waals surface area (Å²) in [4.78, 5) is 0.919. The molecule has 2 rings (SSSR count). The van der Waals surface area contributed by atoms with Gasteiger partial charge < -0.3 is 5.32 Å². The Labute approximate surface area is 129 Å². The molecule has 0 unspecified atom stereocenters. The Morgan fingerprint density at radius 2 is 1.89 bits per heavy atom. The molecule has 7 heteroatoms. The fourth-order valence-corrected chi connectivity index (χ4v) is 5.46. The molecule has 0 aliphatic rings. The molecule has 1 aromatic heterocycles. The van der Waals surface area contributed by atoms with Gasteiger partial charge in [-0.05, 0) is 27.6 Å². The molecule has 0 aliphatic carbocycles. The van der Waals surface area contributed by atoms with Gasteiger partial charge in [0, 0.05) is 33.1 Å². The second kappa shape index (κ2) is 6.37. The summed E-state index contributed by atoms with van der Waals surface area (Å²) in [6.07, 6.45) is 0. The molecular formula is C12H11BrClNO2S2. The summed E-state index contributed by atoms with van der Waals surface area (Å²) < 4.78 is 23.3. The van der Waals surface area contributed by atoms with Gasteiger partial charge in [-0.15, -0.1) is 11.3 Å². The van der Waals surface area contributed by atoms with Gasteiger partial charge in [-0.25, -0.2) is 8.42 Å². The highest BCUT2D eigenvalue weighted by Gasteiger charge is 2.18. The predicted molar refractivity (Wildman–Crippen MR) is 82.0 cm³/mol. The van der Waals surface area contributed by atoms with E-state index in [9.17, 15) is 8.42 Å². The van der Waals surface area contributed by atoms with Crippen LogP contribution in [0.25, 0.3) is 0 Å². The number of benzene rings is 1. The molecule has 0 aliphatic heterocycles. The lowest BCUT2D eigenvalue weighted by Crippen LogP contribution is -2.11. The molecule has 102 valence electrons. The van der Waals surface area contributed by atoms with E-state index in [-0.39, 0.29) is 4.21 Å². The minimum absolute atomic E-state index is 0.158. The summed E-state index contributed by atoms with van der Waals surface area (Å²) in [5.41, 5.74) is 1.18. The third-order valence-corrected chi connectivity index (χ3v) is 6.79. The van der Waals surface area contributed by atoms with Crippen LogP contribution in [0.15, 0.2) is 45.1 Å². The topological polar surface area (TPSA) is 46.2 Å². The maximum Gasteiger partial charge on any atom is 0.271 e. The summed E-state index contributed by atoms with van der Waals surface area (Å²) in [5, 5.41) is 3.26. The van der Waals surface area contributed by atoms with Crippen molar-refractivity contribution in [1.82, 2.24) is 5.32 Å². The highest BCUT2D eigenvalue weighted by molar-refractivity contribution is 9.10. The summed E-state index contributed by atoms with van der Waals surface area (Å²) in [7, 11) is 1.67. The van der Waals surface area contributed by atoms with Crippen LogP contribution in [-0.2, 0) is 22.1 Å². The Morgan fingerprint density at radius 1 is 1.21 bits per heavy atom. The molecule has 0 fully saturated rings. The molecule has 0 amide bonds. The number of hydrogen-bond donors (Lipinski definition) is 1. The van der Waals surface area contributed by atoms with E-state index >= 15 is 0 Å². The molecule has 1 N–H and O–H groups in total. The van der Waals surface area contributed by atoms with E-state index in [2.05, 4.69) is 21.2 Å². The van der Waals surface area contributed by atoms with Crippen LogP contribution in [0.3, 0.4) is 0 Å². The fraction of sp³-hybridized carbons (Fsp3) is 0.167. The second-order valence-corrected chi connectivity index (χ2v) is 8.63. The summed E-state index contributed by atoms with van der Waals surface area (Å²) in [6.45, 7) is 1.34. The van der Waals surface area contributed by atoms with Crippen LogP contribution in [0.2, 0.25) is 0 Å². The zero-order chi connectivity index (χ0) is 13.9. The minimum Gasteiger partial charge on any atom is -0.308 e. The van der Waals surface area contributed by atoms with Crippen molar-refractivity contribution in [2.24, 2.45) is 0 Å². The van der Waals surface area contributed by atoms with Gasteiger partial charge in [-0.1, -0.05) is 30.3 Å². The normalized spacial score (nSPS) is 11.7. The molecule has 0 atom stereocenters. The van der Waals surface area contributed by atoms with Crippen LogP contribution >= 0.6 is 37.9 Å².